The number of ether oxygens (including phenoxy) is 1. The van der Waals surface area contributed by atoms with Gasteiger partial charge in [0, 0.05) is 30.6 Å². The summed E-state index contributed by atoms with van der Waals surface area (Å²) >= 11 is 0. The Morgan fingerprint density at radius 2 is 2.09 bits per heavy atom. The predicted octanol–water partition coefficient (Wildman–Crippen LogP) is 2.98. The Morgan fingerprint density at radius 1 is 1.27 bits per heavy atom. The number of nitrogens with one attached hydrogen (secondary N) is 1. The van der Waals surface area contributed by atoms with E-state index >= 15 is 0 Å². The number of nitrogens with zero attached hydrogens (tertiary/aromatic N) is 1. The van der Waals surface area contributed by atoms with Crippen LogP contribution in [-0.4, -0.2) is 17.4 Å². The monoisotopic (exact) mass is 294 g/mol. The Hall–Kier alpha value is -2.88. The van der Waals surface area contributed by atoms with Gasteiger partial charge in [0.1, 0.15) is 12.4 Å². The predicted molar refractivity (Wildman–Crippen MR) is 87.3 cm³/mol. The van der Waals surface area contributed by atoms with Crippen molar-refractivity contribution in [2.45, 2.75) is 6.61 Å². The van der Waals surface area contributed by atoms with Gasteiger partial charge in [0.25, 0.3) is 0 Å². The Balaban J connectivity index is 1.86. The molecule has 2 rings (SSSR count). The van der Waals surface area contributed by atoms with Crippen molar-refractivity contribution in [2.24, 2.45) is 0 Å². The molecule has 0 unspecified atom stereocenters. The van der Waals surface area contributed by atoms with Gasteiger partial charge in [-0.15, -0.1) is 6.58 Å². The number of benzene rings is 1. The fraction of sp³-hybridized carbons (Fsp3) is 0.111. The first-order chi connectivity index (χ1) is 10.8. The van der Waals surface area contributed by atoms with E-state index in [2.05, 4.69) is 16.9 Å². The summed E-state index contributed by atoms with van der Waals surface area (Å²) in [6.45, 7) is 4.49. The van der Waals surface area contributed by atoms with Gasteiger partial charge in [-0.1, -0.05) is 24.3 Å². The molecule has 0 aliphatic rings. The second-order valence-electron chi connectivity index (χ2n) is 4.59. The maximum Gasteiger partial charge on any atom is 0.244 e. The zero-order valence-electron chi connectivity index (χ0n) is 12.2. The van der Waals surface area contributed by atoms with Crippen molar-refractivity contribution in [3.8, 4) is 5.75 Å². The van der Waals surface area contributed by atoms with Gasteiger partial charge in [-0.3, -0.25) is 9.78 Å². The molecular formula is C18H18N2O2. The van der Waals surface area contributed by atoms with E-state index in [4.69, 9.17) is 4.74 Å². The van der Waals surface area contributed by atoms with Crippen LogP contribution >= 0.6 is 0 Å². The van der Waals surface area contributed by atoms with Crippen LogP contribution in [-0.2, 0) is 11.4 Å². The average molecular weight is 294 g/mol. The molecule has 0 fully saturated rings. The number of carbonyl (C=O) groups excluding carboxylic acids is 1. The van der Waals surface area contributed by atoms with Crippen LogP contribution in [0.4, 0.5) is 0 Å². The highest BCUT2D eigenvalue weighted by atomic mass is 16.5. The van der Waals surface area contributed by atoms with E-state index in [0.717, 1.165) is 16.9 Å². The van der Waals surface area contributed by atoms with Crippen molar-refractivity contribution in [3.05, 3.63) is 78.6 Å². The van der Waals surface area contributed by atoms with Crippen LogP contribution in [0, 0.1) is 0 Å². The first-order valence-electron chi connectivity index (χ1n) is 6.96. The maximum absolute atomic E-state index is 11.4. The summed E-state index contributed by atoms with van der Waals surface area (Å²) in [5, 5.41) is 2.68. The molecule has 0 radical (unpaired) electrons. The van der Waals surface area contributed by atoms with E-state index in [9.17, 15) is 4.79 Å². The second kappa shape index (κ2) is 8.42. The van der Waals surface area contributed by atoms with Gasteiger partial charge in [-0.25, -0.2) is 0 Å². The molecule has 4 heteroatoms. The lowest BCUT2D eigenvalue weighted by atomic mass is 10.2. The zero-order valence-corrected chi connectivity index (χ0v) is 12.2. The summed E-state index contributed by atoms with van der Waals surface area (Å²) in [4.78, 5) is 15.5. The lowest BCUT2D eigenvalue weighted by Crippen LogP contribution is -2.20. The molecule has 1 heterocycles. The Bertz CT molecular complexity index is 634. The zero-order chi connectivity index (χ0) is 15.6. The van der Waals surface area contributed by atoms with Crippen LogP contribution < -0.4 is 10.1 Å². The van der Waals surface area contributed by atoms with Crippen molar-refractivity contribution in [1.29, 1.82) is 0 Å². The Labute approximate surface area is 130 Å². The van der Waals surface area contributed by atoms with Gasteiger partial charge in [0.15, 0.2) is 0 Å². The lowest BCUT2D eigenvalue weighted by molar-refractivity contribution is -0.116. The molecule has 0 atom stereocenters. The molecule has 1 amide bonds. The summed E-state index contributed by atoms with van der Waals surface area (Å²) in [7, 11) is 0. The number of pyridine rings is 1. The number of carbonyl (C=O) groups is 1. The third kappa shape index (κ3) is 5.25. The summed E-state index contributed by atoms with van der Waals surface area (Å²) in [6, 6.07) is 11.4. The molecule has 0 bridgehead atoms. The first-order valence-corrected chi connectivity index (χ1v) is 6.96. The standard InChI is InChI=1S/C18H18N2O2/c1-2-11-20-18(21)10-7-15-5-8-17(9-6-15)22-14-16-4-3-12-19-13-16/h2-10,12-13H,1,11,14H2,(H,20,21)/b10-7+. The van der Waals surface area contributed by atoms with Crippen LogP contribution in [0.15, 0.2) is 67.5 Å². The second-order valence-corrected chi connectivity index (χ2v) is 4.59. The lowest BCUT2D eigenvalue weighted by Gasteiger charge is -2.06. The van der Waals surface area contributed by atoms with Crippen molar-refractivity contribution in [3.63, 3.8) is 0 Å². The molecule has 0 aliphatic heterocycles. The number of hydrogen-bond acceptors (Lipinski definition) is 3. The highest BCUT2D eigenvalue weighted by molar-refractivity contribution is 5.91. The number of rotatable bonds is 7. The van der Waals surface area contributed by atoms with E-state index in [1.165, 1.54) is 6.08 Å². The summed E-state index contributed by atoms with van der Waals surface area (Å²) in [6.07, 6.45) is 8.40. The summed E-state index contributed by atoms with van der Waals surface area (Å²) in [5.74, 6) is 0.633. The quantitative estimate of drug-likeness (QED) is 0.631. The molecule has 0 saturated carbocycles. The Kier molecular flexibility index (Phi) is 5.93. The van der Waals surface area contributed by atoms with Crippen LogP contribution in [0.1, 0.15) is 11.1 Å². The third-order valence-corrected chi connectivity index (χ3v) is 2.86. The first kappa shape index (κ1) is 15.5. The highest BCUT2D eigenvalue weighted by Crippen LogP contribution is 2.14. The average Bonchev–Trinajstić information content (AvgIpc) is 2.58. The topological polar surface area (TPSA) is 51.2 Å². The van der Waals surface area contributed by atoms with Gasteiger partial charge in [-0.2, -0.15) is 0 Å². The van der Waals surface area contributed by atoms with Crippen molar-refractivity contribution >= 4 is 12.0 Å². The van der Waals surface area contributed by atoms with Crippen molar-refractivity contribution < 1.29 is 9.53 Å². The van der Waals surface area contributed by atoms with E-state index in [1.807, 2.05) is 36.4 Å². The number of amides is 1. The van der Waals surface area contributed by atoms with Crippen molar-refractivity contribution in [1.82, 2.24) is 10.3 Å². The van der Waals surface area contributed by atoms with E-state index in [1.54, 1.807) is 24.5 Å². The van der Waals surface area contributed by atoms with Gasteiger partial charge >= 0.3 is 0 Å². The molecule has 0 spiro atoms. The Morgan fingerprint density at radius 3 is 2.77 bits per heavy atom. The molecule has 1 aromatic heterocycles. The maximum atomic E-state index is 11.4. The van der Waals surface area contributed by atoms with Gasteiger partial charge in [-0.05, 0) is 29.8 Å². The summed E-state index contributed by atoms with van der Waals surface area (Å²) < 4.78 is 5.67. The molecule has 0 aliphatic carbocycles. The molecule has 4 nitrogen and oxygen atoms in total. The van der Waals surface area contributed by atoms with Gasteiger partial charge in [0.05, 0.1) is 0 Å². The van der Waals surface area contributed by atoms with Crippen LogP contribution in [0.25, 0.3) is 6.08 Å². The minimum Gasteiger partial charge on any atom is -0.489 e. The van der Waals surface area contributed by atoms with Crippen LogP contribution in [0.2, 0.25) is 0 Å². The summed E-state index contributed by atoms with van der Waals surface area (Å²) in [5.41, 5.74) is 1.95. The number of aromatic nitrogens is 1. The molecule has 0 saturated heterocycles. The van der Waals surface area contributed by atoms with E-state index in [-0.39, 0.29) is 5.91 Å². The van der Waals surface area contributed by atoms with Crippen LogP contribution in [0.3, 0.4) is 0 Å². The van der Waals surface area contributed by atoms with Gasteiger partial charge in [0.2, 0.25) is 5.91 Å². The molecular weight excluding hydrogens is 276 g/mol. The molecule has 22 heavy (non-hydrogen) atoms. The minimum atomic E-state index is -0.142. The molecule has 112 valence electrons. The fourth-order valence-corrected chi connectivity index (χ4v) is 1.73. The molecule has 1 N–H and O–H groups in total. The largest absolute Gasteiger partial charge is 0.489 e. The molecule has 1 aromatic carbocycles. The minimum absolute atomic E-state index is 0.142. The molecule has 2 aromatic rings. The SMILES string of the molecule is C=CCNC(=O)/C=C/c1ccc(OCc2cccnc2)cc1. The number of hydrogen-bond donors (Lipinski definition) is 1. The smallest absolute Gasteiger partial charge is 0.244 e. The van der Waals surface area contributed by atoms with Crippen LogP contribution in [0.5, 0.6) is 5.75 Å². The van der Waals surface area contributed by atoms with Crippen molar-refractivity contribution in [2.75, 3.05) is 6.54 Å². The fourth-order valence-electron chi connectivity index (χ4n) is 1.73. The normalized spacial score (nSPS) is 10.4. The third-order valence-electron chi connectivity index (χ3n) is 2.86. The van der Waals surface area contributed by atoms with E-state index in [0.29, 0.717) is 13.2 Å². The highest BCUT2D eigenvalue weighted by Gasteiger charge is 1.97. The van der Waals surface area contributed by atoms with E-state index < -0.39 is 0 Å². The van der Waals surface area contributed by atoms with Gasteiger partial charge < -0.3 is 10.1 Å².